The zero-order chi connectivity index (χ0) is 17.8. The molecule has 1 saturated heterocycles. The molecule has 7 N–H and O–H groups in total. The Morgan fingerprint density at radius 2 is 2.04 bits per heavy atom. The molecule has 9 heteroatoms. The average molecular weight is 329 g/mol. The molecule has 0 aromatic carbocycles. The standard InChI is InChI=1S/C14H28BN3O5/c1-8(2)10(16)12(19)18-9-7-17-11(13(20)21)14(9,3)5-4-6-15(22)23/h8-11,17,22-23H,4-7,16H2,1-3H3,(H,18,19)(H,20,21)/t9-,10-,11+,14+/m0/s1. The van der Waals surface area contributed by atoms with Gasteiger partial charge in [0.2, 0.25) is 5.91 Å². The zero-order valence-electron chi connectivity index (χ0n) is 14.0. The fraction of sp³-hybridized carbons (Fsp3) is 0.857. The first-order valence-corrected chi connectivity index (χ1v) is 7.98. The van der Waals surface area contributed by atoms with Crippen LogP contribution in [0.3, 0.4) is 0 Å². The van der Waals surface area contributed by atoms with E-state index >= 15 is 0 Å². The highest BCUT2D eigenvalue weighted by molar-refractivity contribution is 6.40. The number of amides is 1. The first-order valence-electron chi connectivity index (χ1n) is 7.98. The van der Waals surface area contributed by atoms with Crippen molar-refractivity contribution in [2.45, 2.75) is 58.1 Å². The molecule has 1 amide bonds. The summed E-state index contributed by atoms with van der Waals surface area (Å²) in [6.45, 7) is 5.82. The monoisotopic (exact) mass is 329 g/mol. The predicted octanol–water partition coefficient (Wildman–Crippen LogP) is -1.23. The Kier molecular flexibility index (Phi) is 7.00. The fourth-order valence-electron chi connectivity index (χ4n) is 3.04. The largest absolute Gasteiger partial charge is 0.480 e. The smallest absolute Gasteiger partial charge is 0.451 e. The summed E-state index contributed by atoms with van der Waals surface area (Å²) in [6, 6.07) is -1.84. The van der Waals surface area contributed by atoms with Gasteiger partial charge in [-0.2, -0.15) is 0 Å². The SMILES string of the molecule is CC(C)[C@H](N)C(=O)N[C@H]1CN[C@H](C(=O)O)[C@]1(C)CCCB(O)O. The summed E-state index contributed by atoms with van der Waals surface area (Å²) in [5.74, 6) is -1.30. The number of hydrogen-bond acceptors (Lipinski definition) is 6. The van der Waals surface area contributed by atoms with E-state index in [4.69, 9.17) is 15.8 Å². The lowest BCUT2D eigenvalue weighted by atomic mass is 9.72. The maximum Gasteiger partial charge on any atom is 0.451 e. The maximum absolute atomic E-state index is 12.2. The normalized spacial score (nSPS) is 28.7. The van der Waals surface area contributed by atoms with Crippen molar-refractivity contribution >= 4 is 19.0 Å². The molecular weight excluding hydrogens is 301 g/mol. The van der Waals surface area contributed by atoms with E-state index in [1.165, 1.54) is 0 Å². The van der Waals surface area contributed by atoms with Crippen LogP contribution in [-0.4, -0.2) is 58.8 Å². The third kappa shape index (κ3) is 4.91. The van der Waals surface area contributed by atoms with Crippen molar-refractivity contribution in [3.05, 3.63) is 0 Å². The van der Waals surface area contributed by atoms with Crippen LogP contribution in [-0.2, 0) is 9.59 Å². The van der Waals surface area contributed by atoms with E-state index in [0.717, 1.165) is 0 Å². The summed E-state index contributed by atoms with van der Waals surface area (Å²) in [6.07, 6.45) is 1.05. The number of nitrogens with one attached hydrogen (secondary N) is 2. The summed E-state index contributed by atoms with van der Waals surface area (Å²) >= 11 is 0. The lowest BCUT2D eigenvalue weighted by molar-refractivity contribution is -0.142. The van der Waals surface area contributed by atoms with Gasteiger partial charge in [0.1, 0.15) is 6.04 Å². The van der Waals surface area contributed by atoms with Crippen molar-refractivity contribution in [2.75, 3.05) is 6.54 Å². The molecule has 1 heterocycles. The minimum absolute atomic E-state index is 0.0181. The summed E-state index contributed by atoms with van der Waals surface area (Å²) in [5, 5.41) is 33.1. The van der Waals surface area contributed by atoms with E-state index in [1.54, 1.807) is 6.92 Å². The van der Waals surface area contributed by atoms with E-state index < -0.39 is 30.6 Å². The van der Waals surface area contributed by atoms with Gasteiger partial charge in [-0.15, -0.1) is 0 Å². The van der Waals surface area contributed by atoms with Gasteiger partial charge in [-0.1, -0.05) is 27.2 Å². The van der Waals surface area contributed by atoms with Crippen LogP contribution < -0.4 is 16.4 Å². The predicted molar refractivity (Wildman–Crippen MR) is 86.5 cm³/mol. The Hall–Kier alpha value is -1.16. The van der Waals surface area contributed by atoms with Gasteiger partial charge >= 0.3 is 13.1 Å². The number of carbonyl (C=O) groups excluding carboxylic acids is 1. The molecule has 4 atom stereocenters. The topological polar surface area (TPSA) is 145 Å². The molecule has 0 spiro atoms. The molecule has 1 aliphatic rings. The van der Waals surface area contributed by atoms with E-state index in [1.807, 2.05) is 13.8 Å². The fourth-order valence-corrected chi connectivity index (χ4v) is 3.04. The lowest BCUT2D eigenvalue weighted by Gasteiger charge is -2.35. The highest BCUT2D eigenvalue weighted by Crippen LogP contribution is 2.37. The second-order valence-corrected chi connectivity index (χ2v) is 6.89. The molecule has 8 nitrogen and oxygen atoms in total. The first-order chi connectivity index (χ1) is 10.6. The average Bonchev–Trinajstić information content (AvgIpc) is 2.74. The molecule has 0 radical (unpaired) electrons. The van der Waals surface area contributed by atoms with Crippen LogP contribution in [0.5, 0.6) is 0 Å². The third-order valence-corrected chi connectivity index (χ3v) is 4.74. The van der Waals surface area contributed by atoms with Crippen molar-refractivity contribution in [2.24, 2.45) is 17.1 Å². The maximum atomic E-state index is 12.2. The van der Waals surface area contributed by atoms with Crippen LogP contribution in [0.15, 0.2) is 0 Å². The molecule has 0 saturated carbocycles. The third-order valence-electron chi connectivity index (χ3n) is 4.74. The van der Waals surface area contributed by atoms with Gasteiger partial charge in [-0.25, -0.2) is 0 Å². The zero-order valence-corrected chi connectivity index (χ0v) is 14.0. The molecule has 23 heavy (non-hydrogen) atoms. The van der Waals surface area contributed by atoms with Crippen molar-refractivity contribution in [3.63, 3.8) is 0 Å². The molecule has 0 aromatic heterocycles. The number of rotatable bonds is 8. The van der Waals surface area contributed by atoms with Crippen LogP contribution in [0.25, 0.3) is 0 Å². The molecule has 1 aliphatic heterocycles. The quantitative estimate of drug-likeness (QED) is 0.306. The van der Waals surface area contributed by atoms with Crippen molar-refractivity contribution in [3.8, 4) is 0 Å². The van der Waals surface area contributed by atoms with Crippen LogP contribution in [0, 0.1) is 11.3 Å². The summed E-state index contributed by atoms with van der Waals surface area (Å²) in [5.41, 5.74) is 5.12. The summed E-state index contributed by atoms with van der Waals surface area (Å²) < 4.78 is 0. The Bertz CT molecular complexity index is 435. The minimum atomic E-state index is -1.42. The molecule has 1 rings (SSSR count). The Morgan fingerprint density at radius 1 is 1.43 bits per heavy atom. The Balaban J connectivity index is 2.83. The number of carboxylic acid groups (broad SMARTS) is 1. The number of carboxylic acids is 1. The number of aliphatic carboxylic acids is 1. The molecule has 0 aliphatic carbocycles. The van der Waals surface area contributed by atoms with Crippen LogP contribution in [0.2, 0.25) is 6.32 Å². The van der Waals surface area contributed by atoms with Crippen molar-refractivity contribution < 1.29 is 24.7 Å². The molecule has 0 unspecified atom stereocenters. The number of carbonyl (C=O) groups is 2. The van der Waals surface area contributed by atoms with Gasteiger partial charge < -0.3 is 31.5 Å². The van der Waals surface area contributed by atoms with E-state index in [0.29, 0.717) is 19.4 Å². The van der Waals surface area contributed by atoms with E-state index in [9.17, 15) is 14.7 Å². The van der Waals surface area contributed by atoms with Gasteiger partial charge in [-0.3, -0.25) is 9.59 Å². The molecule has 132 valence electrons. The lowest BCUT2D eigenvalue weighted by Crippen LogP contribution is -2.54. The number of nitrogens with two attached hydrogens (primary N) is 1. The van der Waals surface area contributed by atoms with Gasteiger partial charge in [0.15, 0.2) is 0 Å². The molecule has 0 bridgehead atoms. The Morgan fingerprint density at radius 3 is 2.52 bits per heavy atom. The number of hydrogen-bond donors (Lipinski definition) is 6. The van der Waals surface area contributed by atoms with Crippen LogP contribution in [0.1, 0.15) is 33.6 Å². The summed E-state index contributed by atoms with van der Waals surface area (Å²) in [7, 11) is -1.42. The molecule has 0 aromatic rings. The first kappa shape index (κ1) is 19.9. The van der Waals surface area contributed by atoms with Gasteiger partial charge in [0, 0.05) is 18.0 Å². The highest BCUT2D eigenvalue weighted by atomic mass is 16.4. The highest BCUT2D eigenvalue weighted by Gasteiger charge is 2.50. The molecule has 1 fully saturated rings. The van der Waals surface area contributed by atoms with Gasteiger partial charge in [0.05, 0.1) is 6.04 Å². The van der Waals surface area contributed by atoms with Gasteiger partial charge in [0.25, 0.3) is 0 Å². The Labute approximate surface area is 137 Å². The molecular formula is C14H28BN3O5. The van der Waals surface area contributed by atoms with E-state index in [-0.39, 0.29) is 24.2 Å². The second kappa shape index (κ2) is 8.10. The van der Waals surface area contributed by atoms with Crippen LogP contribution in [0.4, 0.5) is 0 Å². The second-order valence-electron chi connectivity index (χ2n) is 6.89. The van der Waals surface area contributed by atoms with Crippen LogP contribution >= 0.6 is 0 Å². The van der Waals surface area contributed by atoms with E-state index in [2.05, 4.69) is 10.6 Å². The van der Waals surface area contributed by atoms with Crippen molar-refractivity contribution in [1.82, 2.24) is 10.6 Å². The minimum Gasteiger partial charge on any atom is -0.480 e. The summed E-state index contributed by atoms with van der Waals surface area (Å²) in [4.78, 5) is 23.7. The van der Waals surface area contributed by atoms with Crippen molar-refractivity contribution in [1.29, 1.82) is 0 Å². The van der Waals surface area contributed by atoms with Gasteiger partial charge in [-0.05, 0) is 18.7 Å².